The maximum Gasteiger partial charge on any atom is 0.145 e. The maximum atomic E-state index is 14.1. The summed E-state index contributed by atoms with van der Waals surface area (Å²) in [5, 5.41) is 7.69. The fourth-order valence-corrected chi connectivity index (χ4v) is 5.87. The van der Waals surface area contributed by atoms with Crippen molar-refractivity contribution in [2.24, 2.45) is 0 Å². The highest BCUT2D eigenvalue weighted by atomic mass is 19.1. The molecule has 3 heteroatoms. The number of hydrogen-bond acceptors (Lipinski definition) is 1. The summed E-state index contributed by atoms with van der Waals surface area (Å²) in [5.41, 5.74) is 5.85. The van der Waals surface area contributed by atoms with Crippen LogP contribution in [-0.4, -0.2) is 9.55 Å². The highest BCUT2D eigenvalue weighted by Gasteiger charge is 2.16. The van der Waals surface area contributed by atoms with E-state index < -0.39 is 0 Å². The van der Waals surface area contributed by atoms with E-state index in [1.807, 2.05) is 30.3 Å². The van der Waals surface area contributed by atoms with Crippen molar-refractivity contribution in [2.75, 3.05) is 0 Å². The molecule has 178 valence electrons. The first kappa shape index (κ1) is 21.1. The van der Waals surface area contributed by atoms with Crippen LogP contribution in [-0.2, 0) is 0 Å². The van der Waals surface area contributed by atoms with Gasteiger partial charge in [0.05, 0.1) is 11.0 Å². The van der Waals surface area contributed by atoms with Crippen molar-refractivity contribution in [3.63, 3.8) is 0 Å². The van der Waals surface area contributed by atoms with E-state index in [1.54, 1.807) is 6.07 Å². The van der Waals surface area contributed by atoms with Crippen molar-refractivity contribution in [3.8, 4) is 28.2 Å². The smallest absolute Gasteiger partial charge is 0.145 e. The van der Waals surface area contributed by atoms with Gasteiger partial charge in [-0.05, 0) is 67.7 Å². The third kappa shape index (κ3) is 3.09. The summed E-state index contributed by atoms with van der Waals surface area (Å²) in [7, 11) is 0. The summed E-state index contributed by atoms with van der Waals surface area (Å²) in [4.78, 5) is 4.81. The molecule has 0 fully saturated rings. The van der Waals surface area contributed by atoms with Crippen LogP contribution in [0.4, 0.5) is 4.39 Å². The molecule has 0 amide bonds. The summed E-state index contributed by atoms with van der Waals surface area (Å²) in [5.74, 6) is 0.507. The van der Waals surface area contributed by atoms with E-state index >= 15 is 0 Å². The lowest BCUT2D eigenvalue weighted by Crippen LogP contribution is -1.97. The fourth-order valence-electron chi connectivity index (χ4n) is 5.87. The van der Waals surface area contributed by atoms with Crippen LogP contribution < -0.4 is 0 Å². The average molecular weight is 489 g/mol. The first-order valence-electron chi connectivity index (χ1n) is 12.8. The fraction of sp³-hybridized carbons (Fsp3) is 0. The monoisotopic (exact) mass is 488 g/mol. The van der Waals surface area contributed by atoms with Gasteiger partial charge in [0.25, 0.3) is 0 Å². The molecule has 0 aliphatic heterocycles. The highest BCUT2D eigenvalue weighted by Crippen LogP contribution is 2.39. The lowest BCUT2D eigenvalue weighted by molar-refractivity contribution is 0.629. The lowest BCUT2D eigenvalue weighted by atomic mass is 9.90. The molecule has 0 radical (unpaired) electrons. The molecule has 38 heavy (non-hydrogen) atoms. The van der Waals surface area contributed by atoms with Crippen molar-refractivity contribution >= 4 is 43.4 Å². The molecule has 1 aromatic heterocycles. The Morgan fingerprint density at radius 3 is 2.05 bits per heavy atom. The van der Waals surface area contributed by atoms with Gasteiger partial charge in [-0.2, -0.15) is 0 Å². The molecule has 0 atom stereocenters. The predicted molar refractivity (Wildman–Crippen MR) is 156 cm³/mol. The standard InChI is InChI=1S/C35H21FN2/c36-27-15-20-32-31(21-27)37-35(26-5-2-1-3-6-26)38(32)28-16-11-22(12-17-28)29-18-13-25-10-9-23-7-4-8-24-14-19-30(29)34(25)33(23)24/h1-21H. The molecule has 0 spiro atoms. The summed E-state index contributed by atoms with van der Waals surface area (Å²) >= 11 is 0. The minimum Gasteiger partial charge on any atom is -0.292 e. The Labute approximate surface area is 218 Å². The quantitative estimate of drug-likeness (QED) is 0.227. The molecule has 0 aliphatic carbocycles. The number of benzene rings is 7. The van der Waals surface area contributed by atoms with Gasteiger partial charge in [0, 0.05) is 17.3 Å². The number of halogens is 1. The zero-order valence-corrected chi connectivity index (χ0v) is 20.4. The summed E-state index contributed by atoms with van der Waals surface area (Å²) in [6, 6.07) is 43.3. The van der Waals surface area contributed by atoms with E-state index in [9.17, 15) is 4.39 Å². The average Bonchev–Trinajstić information content (AvgIpc) is 3.35. The lowest BCUT2D eigenvalue weighted by Gasteiger charge is -2.15. The number of fused-ring (bicyclic) bond motifs is 1. The Balaban J connectivity index is 1.31. The zero-order valence-electron chi connectivity index (χ0n) is 20.4. The van der Waals surface area contributed by atoms with Gasteiger partial charge in [0.15, 0.2) is 0 Å². The van der Waals surface area contributed by atoms with Gasteiger partial charge in [-0.25, -0.2) is 9.37 Å². The first-order chi connectivity index (χ1) is 18.7. The number of rotatable bonds is 3. The van der Waals surface area contributed by atoms with Gasteiger partial charge in [-0.1, -0.05) is 97.1 Å². The minimum atomic E-state index is -0.286. The third-order valence-electron chi connectivity index (χ3n) is 7.61. The van der Waals surface area contributed by atoms with Crippen molar-refractivity contribution < 1.29 is 4.39 Å². The number of nitrogens with zero attached hydrogens (tertiary/aromatic N) is 2. The summed E-state index contributed by atoms with van der Waals surface area (Å²) < 4.78 is 16.2. The molecule has 0 bridgehead atoms. The predicted octanol–water partition coefficient (Wildman–Crippen LogP) is 9.40. The van der Waals surface area contributed by atoms with Crippen molar-refractivity contribution in [2.45, 2.75) is 0 Å². The highest BCUT2D eigenvalue weighted by molar-refractivity contribution is 6.25. The van der Waals surface area contributed by atoms with Gasteiger partial charge in [0.2, 0.25) is 0 Å². The Hall–Kier alpha value is -5.02. The van der Waals surface area contributed by atoms with Crippen LogP contribution in [0.25, 0.3) is 71.6 Å². The van der Waals surface area contributed by atoms with Gasteiger partial charge in [-0.3, -0.25) is 4.57 Å². The van der Waals surface area contributed by atoms with Crippen LogP contribution in [0.5, 0.6) is 0 Å². The van der Waals surface area contributed by atoms with Crippen LogP contribution in [0.15, 0.2) is 127 Å². The second-order valence-corrected chi connectivity index (χ2v) is 9.79. The van der Waals surface area contributed by atoms with Crippen molar-refractivity contribution in [1.82, 2.24) is 9.55 Å². The molecule has 0 aliphatic rings. The van der Waals surface area contributed by atoms with Crippen molar-refractivity contribution in [1.29, 1.82) is 0 Å². The Morgan fingerprint density at radius 1 is 0.553 bits per heavy atom. The second kappa shape index (κ2) is 7.99. The van der Waals surface area contributed by atoms with E-state index in [4.69, 9.17) is 4.98 Å². The second-order valence-electron chi connectivity index (χ2n) is 9.79. The van der Waals surface area contributed by atoms with Crippen LogP contribution in [0.1, 0.15) is 0 Å². The van der Waals surface area contributed by atoms with Gasteiger partial charge >= 0.3 is 0 Å². The van der Waals surface area contributed by atoms with Gasteiger partial charge in [0.1, 0.15) is 11.6 Å². The molecule has 1 heterocycles. The molecule has 0 unspecified atom stereocenters. The van der Waals surface area contributed by atoms with Gasteiger partial charge in [-0.15, -0.1) is 0 Å². The van der Waals surface area contributed by atoms with Crippen LogP contribution in [0.2, 0.25) is 0 Å². The molecule has 0 saturated heterocycles. The first-order valence-corrected chi connectivity index (χ1v) is 12.8. The van der Waals surface area contributed by atoms with E-state index in [0.29, 0.717) is 5.52 Å². The third-order valence-corrected chi connectivity index (χ3v) is 7.61. The van der Waals surface area contributed by atoms with Crippen LogP contribution in [0.3, 0.4) is 0 Å². The largest absolute Gasteiger partial charge is 0.292 e. The number of imidazole rings is 1. The number of aromatic nitrogens is 2. The summed E-state index contributed by atoms with van der Waals surface area (Å²) in [6.07, 6.45) is 0. The summed E-state index contributed by atoms with van der Waals surface area (Å²) in [6.45, 7) is 0. The zero-order chi connectivity index (χ0) is 25.2. The molecule has 8 aromatic rings. The molecule has 0 N–H and O–H groups in total. The molecular formula is C35H21FN2. The normalized spacial score (nSPS) is 11.8. The minimum absolute atomic E-state index is 0.286. The Morgan fingerprint density at radius 2 is 1.26 bits per heavy atom. The Kier molecular flexibility index (Phi) is 4.44. The number of hydrogen-bond donors (Lipinski definition) is 0. The van der Waals surface area contributed by atoms with E-state index in [1.165, 1.54) is 50.0 Å². The SMILES string of the molecule is Fc1ccc2c(c1)nc(-c1ccccc1)n2-c1ccc(-c2ccc3ccc4cccc5ccc2c3c45)cc1. The molecular weight excluding hydrogens is 467 g/mol. The van der Waals surface area contributed by atoms with Gasteiger partial charge < -0.3 is 0 Å². The molecule has 7 aromatic carbocycles. The maximum absolute atomic E-state index is 14.1. The van der Waals surface area contributed by atoms with Crippen molar-refractivity contribution in [3.05, 3.63) is 133 Å². The molecule has 8 rings (SSSR count). The van der Waals surface area contributed by atoms with Crippen LogP contribution >= 0.6 is 0 Å². The van der Waals surface area contributed by atoms with Crippen LogP contribution in [0, 0.1) is 5.82 Å². The van der Waals surface area contributed by atoms with E-state index in [2.05, 4.69) is 83.4 Å². The molecule has 0 saturated carbocycles. The Bertz CT molecular complexity index is 2110. The van der Waals surface area contributed by atoms with E-state index in [0.717, 1.165) is 28.2 Å². The van der Waals surface area contributed by atoms with E-state index in [-0.39, 0.29) is 5.82 Å². The topological polar surface area (TPSA) is 17.8 Å². The molecule has 2 nitrogen and oxygen atoms in total.